The largest absolute Gasteiger partial charge is 0.433 e. The first-order valence-corrected chi connectivity index (χ1v) is 12.4. The summed E-state index contributed by atoms with van der Waals surface area (Å²) in [6.45, 7) is -4.71. The highest BCUT2D eigenvalue weighted by Gasteiger charge is 2.26. The first-order valence-electron chi connectivity index (χ1n) is 11.2. The molecule has 1 aromatic carbocycles. The summed E-state index contributed by atoms with van der Waals surface area (Å²) in [7, 11) is 0. The molecule has 17 heteroatoms. The average molecular weight is 596 g/mol. The molecule has 0 bridgehead atoms. The number of rotatable bonds is 11. The molecule has 3 rings (SSSR count). The van der Waals surface area contributed by atoms with Crippen molar-refractivity contribution in [3.63, 3.8) is 0 Å². The van der Waals surface area contributed by atoms with E-state index in [4.69, 9.17) is 16.3 Å². The average Bonchev–Trinajstić information content (AvgIpc) is 3.32. The van der Waals surface area contributed by atoms with E-state index in [2.05, 4.69) is 20.7 Å². The van der Waals surface area contributed by atoms with E-state index in [1.807, 2.05) is 5.32 Å². The lowest BCUT2D eigenvalue weighted by Gasteiger charge is -2.28. The fraction of sp³-hybridized carbons (Fsp3) is 0.364. The van der Waals surface area contributed by atoms with Crippen LogP contribution in [0.5, 0.6) is 5.75 Å². The van der Waals surface area contributed by atoms with E-state index in [0.29, 0.717) is 4.34 Å². The van der Waals surface area contributed by atoms with Crippen LogP contribution in [0, 0.1) is 0 Å². The summed E-state index contributed by atoms with van der Waals surface area (Å²) in [4.78, 5) is 50.9. The number of hydrogen-bond acceptors (Lipinski definition) is 7. The number of benzene rings is 1. The van der Waals surface area contributed by atoms with Crippen molar-refractivity contribution in [3.05, 3.63) is 39.5 Å². The van der Waals surface area contributed by atoms with Gasteiger partial charge >= 0.3 is 12.6 Å². The summed E-state index contributed by atoms with van der Waals surface area (Å²) in [5.41, 5.74) is -0.0409. The maximum atomic E-state index is 13.1. The maximum Gasteiger partial charge on any atom is 0.387 e. The smallest absolute Gasteiger partial charge is 0.387 e. The van der Waals surface area contributed by atoms with Gasteiger partial charge < -0.3 is 35.6 Å². The Balaban J connectivity index is 1.77. The van der Waals surface area contributed by atoms with Gasteiger partial charge in [-0.15, -0.1) is 11.3 Å². The summed E-state index contributed by atoms with van der Waals surface area (Å²) < 4.78 is 61.0. The molecule has 5 amide bonds. The third-order valence-electron chi connectivity index (χ3n) is 5.02. The predicted octanol–water partition coefficient (Wildman–Crippen LogP) is 2.67. The van der Waals surface area contributed by atoms with E-state index in [0.717, 1.165) is 17.4 Å². The van der Waals surface area contributed by atoms with E-state index in [9.17, 15) is 36.7 Å². The minimum absolute atomic E-state index is 0.0181. The lowest BCUT2D eigenvalue weighted by molar-refractivity contribution is -0.125. The predicted molar refractivity (Wildman–Crippen MR) is 133 cm³/mol. The van der Waals surface area contributed by atoms with E-state index >= 15 is 0 Å². The quantitative estimate of drug-likeness (QED) is 0.295. The number of morpholine rings is 1. The Morgan fingerprint density at radius 1 is 1.10 bits per heavy atom. The number of thiophene rings is 1. The highest BCUT2D eigenvalue weighted by molar-refractivity contribution is 7.18. The van der Waals surface area contributed by atoms with Crippen LogP contribution in [-0.2, 0) is 14.3 Å². The van der Waals surface area contributed by atoms with E-state index in [1.165, 1.54) is 29.2 Å². The summed E-state index contributed by atoms with van der Waals surface area (Å²) >= 11 is 6.77. The summed E-state index contributed by atoms with van der Waals surface area (Å²) in [5, 5.41) is 8.85. The number of amides is 5. The Bertz CT molecular complexity index is 1200. The fourth-order valence-corrected chi connectivity index (χ4v) is 4.27. The molecule has 1 fully saturated rings. The number of hydrogen-bond donors (Lipinski definition) is 4. The molecular weight excluding hydrogens is 574 g/mol. The van der Waals surface area contributed by atoms with Gasteiger partial charge in [-0.2, -0.15) is 8.78 Å². The highest BCUT2D eigenvalue weighted by atomic mass is 35.5. The zero-order chi connectivity index (χ0) is 28.5. The number of halogens is 5. The molecule has 1 saturated heterocycles. The number of alkyl halides is 4. The van der Waals surface area contributed by atoms with Gasteiger partial charge in [0.25, 0.3) is 18.2 Å². The minimum atomic E-state index is -3.25. The van der Waals surface area contributed by atoms with Crippen molar-refractivity contribution in [1.29, 1.82) is 0 Å². The summed E-state index contributed by atoms with van der Waals surface area (Å²) in [6.07, 6.45) is -2.85. The van der Waals surface area contributed by atoms with Crippen molar-refractivity contribution >= 4 is 58.1 Å². The molecule has 39 heavy (non-hydrogen) atoms. The fourth-order valence-electron chi connectivity index (χ4n) is 3.31. The molecule has 0 saturated carbocycles. The molecule has 0 unspecified atom stereocenters. The monoisotopic (exact) mass is 595 g/mol. The Labute approximate surface area is 227 Å². The molecule has 0 aliphatic carbocycles. The third kappa shape index (κ3) is 8.97. The van der Waals surface area contributed by atoms with Gasteiger partial charge in [0.05, 0.1) is 28.1 Å². The van der Waals surface area contributed by atoms with Crippen molar-refractivity contribution in [3.8, 4) is 5.75 Å². The van der Waals surface area contributed by atoms with Crippen LogP contribution in [-0.4, -0.2) is 75.7 Å². The molecule has 1 aromatic heterocycles. The molecule has 2 aromatic rings. The second-order valence-electron chi connectivity index (χ2n) is 7.76. The van der Waals surface area contributed by atoms with Gasteiger partial charge in [-0.25, -0.2) is 13.6 Å². The van der Waals surface area contributed by atoms with Crippen LogP contribution >= 0.6 is 22.9 Å². The molecule has 0 spiro atoms. The normalized spacial score (nSPS) is 14.2. The van der Waals surface area contributed by atoms with Gasteiger partial charge in [-0.05, 0) is 24.3 Å². The van der Waals surface area contributed by atoms with E-state index in [1.54, 1.807) is 0 Å². The van der Waals surface area contributed by atoms with Gasteiger partial charge in [-0.1, -0.05) is 11.6 Å². The minimum Gasteiger partial charge on any atom is -0.433 e. The Hall–Kier alpha value is -3.63. The molecule has 1 atom stereocenters. The van der Waals surface area contributed by atoms with Crippen LogP contribution in [0.4, 0.5) is 33.7 Å². The zero-order valence-electron chi connectivity index (χ0n) is 19.8. The SMILES string of the molecule is O=C(NCC(F)F)N[C@H](CNC(=O)c1ccc(Cl)s1)C(=O)Nc1ccc(N2CCOCC2=O)c(OC(F)F)c1. The molecule has 11 nitrogen and oxygen atoms in total. The van der Waals surface area contributed by atoms with Crippen LogP contribution in [0.25, 0.3) is 0 Å². The first kappa shape index (κ1) is 29.9. The van der Waals surface area contributed by atoms with Crippen molar-refractivity contribution < 1.29 is 46.2 Å². The first-order chi connectivity index (χ1) is 18.5. The number of carbonyl (C=O) groups is 4. The molecule has 4 N–H and O–H groups in total. The molecular formula is C22H22ClF4N5O6S. The maximum absolute atomic E-state index is 13.1. The Kier molecular flexibility index (Phi) is 10.7. The van der Waals surface area contributed by atoms with Crippen LogP contribution < -0.4 is 30.9 Å². The van der Waals surface area contributed by atoms with Crippen molar-refractivity contribution in [2.24, 2.45) is 0 Å². The lowest BCUT2D eigenvalue weighted by atomic mass is 10.2. The van der Waals surface area contributed by atoms with Crippen molar-refractivity contribution in [1.82, 2.24) is 16.0 Å². The second kappa shape index (κ2) is 14.0. The zero-order valence-corrected chi connectivity index (χ0v) is 21.4. The number of nitrogens with one attached hydrogen (secondary N) is 4. The van der Waals surface area contributed by atoms with Crippen molar-refractivity contribution in [2.75, 3.05) is 43.1 Å². The molecule has 1 aliphatic heterocycles. The summed E-state index contributed by atoms with van der Waals surface area (Å²) in [5.74, 6) is -2.45. The van der Waals surface area contributed by atoms with Crippen molar-refractivity contribution in [2.45, 2.75) is 19.1 Å². The van der Waals surface area contributed by atoms with E-state index < -0.39 is 61.7 Å². The number of ether oxygens (including phenoxy) is 2. The number of anilines is 2. The van der Waals surface area contributed by atoms with Gasteiger partial charge in [0.2, 0.25) is 5.91 Å². The van der Waals surface area contributed by atoms with Crippen LogP contribution in [0.15, 0.2) is 30.3 Å². The highest BCUT2D eigenvalue weighted by Crippen LogP contribution is 2.33. The van der Waals surface area contributed by atoms with Crippen LogP contribution in [0.2, 0.25) is 4.34 Å². The Morgan fingerprint density at radius 3 is 2.51 bits per heavy atom. The third-order valence-corrected chi connectivity index (χ3v) is 6.25. The number of nitrogens with zero attached hydrogens (tertiary/aromatic N) is 1. The molecule has 0 radical (unpaired) electrons. The molecule has 1 aliphatic rings. The van der Waals surface area contributed by atoms with Gasteiger partial charge in [0.15, 0.2) is 5.75 Å². The second-order valence-corrected chi connectivity index (χ2v) is 9.48. The van der Waals surface area contributed by atoms with E-state index in [-0.39, 0.29) is 36.0 Å². The number of carbonyl (C=O) groups excluding carboxylic acids is 4. The summed E-state index contributed by atoms with van der Waals surface area (Å²) in [6, 6.07) is 3.93. The lowest BCUT2D eigenvalue weighted by Crippen LogP contribution is -2.53. The van der Waals surface area contributed by atoms with Crippen LogP contribution in [0.1, 0.15) is 9.67 Å². The Morgan fingerprint density at radius 2 is 1.87 bits per heavy atom. The topological polar surface area (TPSA) is 138 Å². The standard InChI is InChI=1S/C22H22ClF4N5O6S/c23-16-4-3-15(39-16)20(35)28-8-12(31-22(36)29-9-17(24)25)19(34)30-11-1-2-13(14(7-11)38-21(26)27)32-5-6-37-10-18(32)33/h1-4,7,12,17,21H,5-6,8-10H2,(H,28,35)(H,30,34)(H2,29,31,36)/t12-/m1/s1. The van der Waals surface area contributed by atoms with Crippen LogP contribution in [0.3, 0.4) is 0 Å². The number of urea groups is 1. The molecule has 212 valence electrons. The molecule has 2 heterocycles. The van der Waals surface area contributed by atoms with Gasteiger partial charge in [0, 0.05) is 24.8 Å². The van der Waals surface area contributed by atoms with Gasteiger partial charge in [-0.3, -0.25) is 14.4 Å². The van der Waals surface area contributed by atoms with Gasteiger partial charge in [0.1, 0.15) is 12.6 Å².